The summed E-state index contributed by atoms with van der Waals surface area (Å²) in [7, 11) is -13.6. The van der Waals surface area contributed by atoms with Crippen molar-refractivity contribution in [2.75, 3.05) is 126 Å². The van der Waals surface area contributed by atoms with Gasteiger partial charge in [-0.2, -0.15) is 0 Å². The van der Waals surface area contributed by atoms with Gasteiger partial charge in [-0.3, -0.25) is 24.0 Å². The SMILES string of the molecule is Cc1ccc(NC(=O)c2ccc(N3COCCS3(=O)=O)cc2)cc1NC(=O)c1cccc(Cl)c1.Cc1cccc2c(NC(=O)c3ccc(N4COCCS4(=O)=O)cc3)ccc(Cl)c12.Cc1cccc2c(NC(=O)c3ccc(N4COCCS4(=O)=O)cc3)cccc12.Nc1cccc2c(NC(=O)c3ccc(N4COCCS4(=O)=O)cc3)ccc(Cl)c12. The average molecular weight is 1760 g/mol. The molecular formula is C86H79Cl3N10O17S4. The van der Waals surface area contributed by atoms with E-state index >= 15 is 0 Å². The molecule has 27 nitrogen and oxygen atoms in total. The number of nitrogen functional groups attached to an aromatic ring is 1. The van der Waals surface area contributed by atoms with Crippen LogP contribution in [0.3, 0.4) is 0 Å². The molecule has 12 aromatic rings. The summed E-state index contributed by atoms with van der Waals surface area (Å²) in [6.45, 7) is 6.45. The lowest BCUT2D eigenvalue weighted by atomic mass is 10.0. The fourth-order valence-corrected chi connectivity index (χ4v) is 18.9. The molecule has 0 aromatic heterocycles. The number of nitrogens with zero attached hydrogens (tertiary/aromatic N) is 4. The molecule has 4 aliphatic rings. The number of anilines is 10. The molecule has 0 radical (unpaired) electrons. The molecule has 0 atom stereocenters. The number of carbonyl (C=O) groups is 5. The second-order valence-electron chi connectivity index (χ2n) is 27.7. The van der Waals surface area contributed by atoms with Crippen molar-refractivity contribution in [1.82, 2.24) is 0 Å². The Bertz CT molecular complexity index is 6220. The summed E-state index contributed by atoms with van der Waals surface area (Å²) in [5.74, 6) is -1.82. The molecule has 620 valence electrons. The molecule has 0 aliphatic carbocycles. The van der Waals surface area contributed by atoms with Crippen molar-refractivity contribution in [1.29, 1.82) is 0 Å². The van der Waals surface area contributed by atoms with Crippen LogP contribution in [-0.4, -0.2) is 140 Å². The molecule has 0 spiro atoms. The summed E-state index contributed by atoms with van der Waals surface area (Å²) >= 11 is 18.5. The molecule has 12 aromatic carbocycles. The van der Waals surface area contributed by atoms with E-state index in [1.807, 2.05) is 81.4 Å². The lowest BCUT2D eigenvalue weighted by molar-refractivity contribution is 0.101. The van der Waals surface area contributed by atoms with Gasteiger partial charge in [0.15, 0.2) is 0 Å². The van der Waals surface area contributed by atoms with Crippen molar-refractivity contribution in [2.45, 2.75) is 20.8 Å². The fourth-order valence-electron chi connectivity index (χ4n) is 13.2. The molecule has 4 fully saturated rings. The highest BCUT2D eigenvalue weighted by atomic mass is 35.5. The number of nitrogens with two attached hydrogens (primary N) is 1. The zero-order chi connectivity index (χ0) is 85.2. The van der Waals surface area contributed by atoms with Gasteiger partial charge in [0.2, 0.25) is 40.1 Å². The monoisotopic (exact) mass is 1760 g/mol. The molecule has 34 heteroatoms. The van der Waals surface area contributed by atoms with Crippen molar-refractivity contribution in [2.24, 2.45) is 0 Å². The van der Waals surface area contributed by atoms with Crippen molar-refractivity contribution >= 4 is 194 Å². The van der Waals surface area contributed by atoms with E-state index in [1.54, 1.807) is 176 Å². The summed E-state index contributed by atoms with van der Waals surface area (Å²) in [5, 5.41) is 21.2. The maximum Gasteiger partial charge on any atom is 0.255 e. The van der Waals surface area contributed by atoms with E-state index in [0.717, 1.165) is 49.3 Å². The van der Waals surface area contributed by atoms with Crippen LogP contribution >= 0.6 is 34.8 Å². The molecule has 0 unspecified atom stereocenters. The first-order valence-corrected chi connectivity index (χ1v) is 44.8. The van der Waals surface area contributed by atoms with Crippen LogP contribution in [0.5, 0.6) is 0 Å². The van der Waals surface area contributed by atoms with Crippen LogP contribution in [0.4, 0.5) is 56.9 Å². The van der Waals surface area contributed by atoms with Crippen LogP contribution in [0.1, 0.15) is 68.5 Å². The Morgan fingerprint density at radius 2 is 0.658 bits per heavy atom. The number of rotatable bonds is 14. The highest BCUT2D eigenvalue weighted by molar-refractivity contribution is 7.93. The molecule has 120 heavy (non-hydrogen) atoms. The summed E-state index contributed by atoms with van der Waals surface area (Å²) in [6.07, 6.45) is 0. The number of aryl methyl sites for hydroxylation is 3. The minimum absolute atomic E-state index is 0.0107. The van der Waals surface area contributed by atoms with Crippen molar-refractivity contribution in [3.05, 3.63) is 296 Å². The number of fused-ring (bicyclic) bond motifs is 3. The third-order valence-electron chi connectivity index (χ3n) is 19.7. The summed E-state index contributed by atoms with van der Waals surface area (Å²) in [4.78, 5) is 63.4. The molecule has 0 bridgehead atoms. The minimum atomic E-state index is -3.43. The standard InChI is InChI=1S/C24H22ClN3O5S.C21H19ClN2O4S.C21H20N2O4S.C20H18ClN3O4S/c1-16-5-8-20(14-22(16)27-24(30)18-3-2-4-19(25)13-18)26-23(29)17-6-9-21(10-7-17)28-15-33-11-12-34(28,31)32;1-14-3-2-4-17-19(10-9-18(22)20(14)17)23-21(25)15-5-7-16(8-6-15)24-13-28-11-12-29(24,26)27;1-15-4-2-6-19-18(15)5-3-7-20(19)22-21(24)16-8-10-17(11-9-16)23-14-27-12-13-28(23,25)26;21-16-8-9-18(15-2-1-3-17(22)19(15)16)23-20(25)13-4-6-14(7-5-13)24-12-28-10-11-29(24,26)27/h2-10,13-14H,11-12,15H2,1H3,(H,26,29)(H,27,30);2-10H,11-13H2,1H3,(H,23,25);2-11H,12-14H2,1H3,(H,22,24);1-9H,10-12,22H2,(H,23,25). The van der Waals surface area contributed by atoms with Gasteiger partial charge in [-0.15, -0.1) is 0 Å². The largest absolute Gasteiger partial charge is 0.398 e. The molecule has 7 N–H and O–H groups in total. The smallest absolute Gasteiger partial charge is 0.255 e. The third-order valence-corrected chi connectivity index (χ3v) is 27.3. The summed E-state index contributed by atoms with van der Waals surface area (Å²) in [5.41, 5.74) is 16.4. The Kier molecular flexibility index (Phi) is 26.8. The van der Waals surface area contributed by atoms with Gasteiger partial charge in [-0.05, 0) is 207 Å². The average Bonchev–Trinajstić information content (AvgIpc) is 0.552. The number of amides is 5. The summed E-state index contributed by atoms with van der Waals surface area (Å²) in [6, 6.07) is 67.1. The number of ether oxygens (including phenoxy) is 4. The highest BCUT2D eigenvalue weighted by Gasteiger charge is 2.31. The molecule has 4 saturated heterocycles. The Morgan fingerprint density at radius 1 is 0.317 bits per heavy atom. The number of halogens is 3. The number of benzene rings is 12. The van der Waals surface area contributed by atoms with Gasteiger partial charge < -0.3 is 51.3 Å². The predicted octanol–water partition coefficient (Wildman–Crippen LogP) is 15.4. The van der Waals surface area contributed by atoms with Gasteiger partial charge >= 0.3 is 0 Å². The van der Waals surface area contributed by atoms with Gasteiger partial charge in [0.1, 0.15) is 26.9 Å². The lowest BCUT2D eigenvalue weighted by Gasteiger charge is -2.28. The van der Waals surface area contributed by atoms with Crippen molar-refractivity contribution in [3.8, 4) is 0 Å². The quantitative estimate of drug-likeness (QED) is 0.0551. The van der Waals surface area contributed by atoms with Crippen LogP contribution in [0.15, 0.2) is 237 Å². The van der Waals surface area contributed by atoms with E-state index in [1.165, 1.54) is 17.2 Å². The van der Waals surface area contributed by atoms with Crippen molar-refractivity contribution < 1.29 is 76.6 Å². The van der Waals surface area contributed by atoms with Crippen LogP contribution < -0.4 is 49.5 Å². The number of sulfonamides is 4. The van der Waals surface area contributed by atoms with Crippen LogP contribution in [0, 0.1) is 20.8 Å². The second kappa shape index (κ2) is 37.3. The van der Waals surface area contributed by atoms with Crippen LogP contribution in [0.2, 0.25) is 15.1 Å². The normalized spacial score (nSPS) is 15.7. The summed E-state index contributed by atoms with van der Waals surface area (Å²) < 4.78 is 123. The fraction of sp³-hybridized carbons (Fsp3) is 0.174. The first-order chi connectivity index (χ1) is 57.4. The molecular weight excluding hydrogens is 1680 g/mol. The molecule has 4 heterocycles. The van der Waals surface area contributed by atoms with E-state index in [2.05, 4.69) is 26.6 Å². The predicted molar refractivity (Wildman–Crippen MR) is 472 cm³/mol. The van der Waals surface area contributed by atoms with Gasteiger partial charge in [0, 0.05) is 98.9 Å². The highest BCUT2D eigenvalue weighted by Crippen LogP contribution is 2.37. The molecule has 16 rings (SSSR count). The minimum Gasteiger partial charge on any atom is -0.398 e. The first kappa shape index (κ1) is 86.1. The van der Waals surface area contributed by atoms with Gasteiger partial charge in [0.25, 0.3) is 29.5 Å². The number of nitrogens with one attached hydrogen (secondary N) is 5. The van der Waals surface area contributed by atoms with Gasteiger partial charge in [-0.25, -0.2) is 50.9 Å². The number of hydrogen-bond donors (Lipinski definition) is 6. The van der Waals surface area contributed by atoms with Gasteiger partial charge in [0.05, 0.1) is 77.2 Å². The van der Waals surface area contributed by atoms with E-state index in [-0.39, 0.29) is 106 Å². The lowest BCUT2D eigenvalue weighted by Crippen LogP contribution is -2.41. The first-order valence-electron chi connectivity index (χ1n) is 37.2. The number of hydrogen-bond acceptors (Lipinski definition) is 18. The van der Waals surface area contributed by atoms with E-state index in [4.69, 9.17) is 59.5 Å². The van der Waals surface area contributed by atoms with Gasteiger partial charge in [-0.1, -0.05) is 108 Å². The Labute approximate surface area is 708 Å². The maximum atomic E-state index is 12.7. The molecule has 4 aliphatic heterocycles. The van der Waals surface area contributed by atoms with Crippen LogP contribution in [-0.2, 0) is 59.0 Å². The molecule has 0 saturated carbocycles. The number of carbonyl (C=O) groups excluding carboxylic acids is 5. The Balaban J connectivity index is 0.000000139. The Morgan fingerprint density at radius 3 is 1.08 bits per heavy atom. The maximum absolute atomic E-state index is 12.7. The van der Waals surface area contributed by atoms with Crippen LogP contribution in [0.25, 0.3) is 32.3 Å². The van der Waals surface area contributed by atoms with E-state index < -0.39 is 40.1 Å². The topological polar surface area (TPSA) is 358 Å². The van der Waals surface area contributed by atoms with E-state index in [0.29, 0.717) is 99.5 Å². The third kappa shape index (κ3) is 20.2. The molecule has 5 amide bonds. The zero-order valence-electron chi connectivity index (χ0n) is 64.6. The Hall–Kier alpha value is -11.7. The van der Waals surface area contributed by atoms with Crippen molar-refractivity contribution in [3.63, 3.8) is 0 Å². The zero-order valence-corrected chi connectivity index (χ0v) is 70.1. The van der Waals surface area contributed by atoms with E-state index in [9.17, 15) is 57.6 Å². The second-order valence-corrected chi connectivity index (χ2v) is 37.0.